The van der Waals surface area contributed by atoms with E-state index >= 15 is 0 Å². The minimum Gasteiger partial charge on any atom is -0.467 e. The van der Waals surface area contributed by atoms with Crippen LogP contribution >= 0.6 is 11.3 Å². The topological polar surface area (TPSA) is 136 Å². The third-order valence-corrected chi connectivity index (χ3v) is 6.88. The number of aromatic nitrogens is 2. The van der Waals surface area contributed by atoms with Crippen LogP contribution in [0.15, 0.2) is 101 Å². The Morgan fingerprint density at radius 3 is 2.49 bits per heavy atom. The summed E-state index contributed by atoms with van der Waals surface area (Å²) in [7, 11) is 0. The molecule has 3 aromatic heterocycles. The molecule has 0 atom stereocenters. The Labute approximate surface area is 224 Å². The lowest BCUT2D eigenvalue weighted by molar-refractivity contribution is -0.384. The van der Waals surface area contributed by atoms with E-state index in [4.69, 9.17) is 4.42 Å². The number of para-hydroxylation sites is 1. The molecule has 0 aliphatic rings. The van der Waals surface area contributed by atoms with E-state index in [1.807, 2.05) is 6.07 Å². The summed E-state index contributed by atoms with van der Waals surface area (Å²) < 4.78 is 8.85. The van der Waals surface area contributed by atoms with Gasteiger partial charge < -0.3 is 14.3 Å². The van der Waals surface area contributed by atoms with Gasteiger partial charge in [-0.05, 0) is 54.6 Å². The zero-order chi connectivity index (χ0) is 27.4. The molecular weight excluding hydrogens is 518 g/mol. The van der Waals surface area contributed by atoms with Crippen molar-refractivity contribution < 1.29 is 14.1 Å². The molecule has 0 saturated heterocycles. The maximum absolute atomic E-state index is 13.7. The summed E-state index contributed by atoms with van der Waals surface area (Å²) in [5.74, 6) is -0.117. The number of hydrogen-bond acceptors (Lipinski definition) is 7. The van der Waals surface area contributed by atoms with Crippen molar-refractivity contribution in [3.8, 4) is 17.4 Å². The molecule has 11 heteroatoms. The maximum atomic E-state index is 13.7. The van der Waals surface area contributed by atoms with E-state index in [0.717, 1.165) is 11.3 Å². The molecule has 0 spiro atoms. The second-order valence-electron chi connectivity index (χ2n) is 8.22. The smallest absolute Gasteiger partial charge is 0.273 e. The van der Waals surface area contributed by atoms with E-state index in [-0.39, 0.29) is 22.5 Å². The molecule has 2 aromatic carbocycles. The number of carbonyl (C=O) groups is 1. The summed E-state index contributed by atoms with van der Waals surface area (Å²) in [4.78, 5) is 37.2. The number of non-ortho nitro benzene ring substituents is 1. The Bertz CT molecular complexity index is 1880. The highest BCUT2D eigenvalue weighted by molar-refractivity contribution is 7.07. The van der Waals surface area contributed by atoms with Gasteiger partial charge >= 0.3 is 0 Å². The van der Waals surface area contributed by atoms with Crippen molar-refractivity contribution >= 4 is 34.6 Å². The molecule has 39 heavy (non-hydrogen) atoms. The number of rotatable bonds is 7. The first-order chi connectivity index (χ1) is 19.0. The average Bonchev–Trinajstić information content (AvgIpc) is 3.70. The van der Waals surface area contributed by atoms with Crippen LogP contribution in [0, 0.1) is 21.4 Å². The van der Waals surface area contributed by atoms with Gasteiger partial charge in [0.1, 0.15) is 16.5 Å². The Balaban J connectivity index is 1.65. The Hall–Kier alpha value is -5.47. The van der Waals surface area contributed by atoms with Crippen LogP contribution in [0.1, 0.15) is 11.5 Å². The number of carbonyl (C=O) groups excluding carboxylic acids is 1. The van der Waals surface area contributed by atoms with Crippen LogP contribution in [-0.4, -0.2) is 20.0 Å². The first kappa shape index (κ1) is 25.2. The number of nitro groups is 1. The average molecular weight is 538 g/mol. The second-order valence-corrected chi connectivity index (χ2v) is 9.25. The fourth-order valence-corrected chi connectivity index (χ4v) is 5.03. The molecule has 192 valence electrons. The van der Waals surface area contributed by atoms with Crippen molar-refractivity contribution in [1.82, 2.24) is 14.5 Å². The molecule has 0 unspecified atom stereocenters. The van der Waals surface area contributed by atoms with E-state index in [2.05, 4.69) is 5.32 Å². The third kappa shape index (κ3) is 5.18. The molecule has 1 amide bonds. The summed E-state index contributed by atoms with van der Waals surface area (Å²) >= 11 is 1.02. The van der Waals surface area contributed by atoms with Gasteiger partial charge in [0.05, 0.1) is 28.0 Å². The number of nitriles is 1. The highest BCUT2D eigenvalue weighted by atomic mass is 32.1. The third-order valence-electron chi connectivity index (χ3n) is 5.79. The van der Waals surface area contributed by atoms with Gasteiger partial charge in [-0.2, -0.15) is 5.26 Å². The molecule has 0 aliphatic heterocycles. The quantitative estimate of drug-likeness (QED) is 0.250. The Morgan fingerprint density at radius 1 is 1.05 bits per heavy atom. The van der Waals surface area contributed by atoms with Gasteiger partial charge in [0.25, 0.3) is 17.2 Å². The van der Waals surface area contributed by atoms with Crippen LogP contribution < -0.4 is 20.1 Å². The van der Waals surface area contributed by atoms with Crippen LogP contribution in [0.2, 0.25) is 0 Å². The standard InChI is InChI=1S/C28H19N5O5S/c29-17-24(26(34)30-18-23-9-5-15-38-23)28-32(20-6-2-1-3-7-20)27(35)25(39-28)16-22-8-4-14-31(22)19-10-12-21(13-11-19)33(36)37/h1-16H,18H2,(H,30,34). The van der Waals surface area contributed by atoms with Gasteiger partial charge in [0.15, 0.2) is 5.57 Å². The zero-order valence-corrected chi connectivity index (χ0v) is 21.0. The lowest BCUT2D eigenvalue weighted by atomic mass is 10.2. The van der Waals surface area contributed by atoms with E-state index in [1.165, 1.54) is 23.0 Å². The number of thiazole rings is 1. The van der Waals surface area contributed by atoms with Crippen molar-refractivity contribution in [3.63, 3.8) is 0 Å². The van der Waals surface area contributed by atoms with Gasteiger partial charge in [-0.25, -0.2) is 0 Å². The van der Waals surface area contributed by atoms with Crippen molar-refractivity contribution in [3.05, 3.63) is 132 Å². The number of benzene rings is 2. The Kier molecular flexibility index (Phi) is 7.02. The molecule has 0 bridgehead atoms. The summed E-state index contributed by atoms with van der Waals surface area (Å²) in [6, 6.07) is 23.7. The summed E-state index contributed by atoms with van der Waals surface area (Å²) in [5, 5.41) is 23.6. The molecular formula is C28H19N5O5S. The lowest BCUT2D eigenvalue weighted by Crippen LogP contribution is -2.33. The van der Waals surface area contributed by atoms with Gasteiger partial charge in [-0.15, -0.1) is 11.3 Å². The van der Waals surface area contributed by atoms with Crippen LogP contribution in [0.4, 0.5) is 5.69 Å². The zero-order valence-electron chi connectivity index (χ0n) is 20.2. The van der Waals surface area contributed by atoms with E-state index in [0.29, 0.717) is 27.4 Å². The first-order valence-electron chi connectivity index (χ1n) is 11.6. The van der Waals surface area contributed by atoms with E-state index < -0.39 is 16.4 Å². The molecule has 1 N–H and O–H groups in total. The molecule has 0 radical (unpaired) electrons. The molecule has 5 rings (SSSR count). The number of hydrogen-bond donors (Lipinski definition) is 1. The number of nitrogens with one attached hydrogen (secondary N) is 1. The second kappa shape index (κ2) is 10.9. The highest BCUT2D eigenvalue weighted by Crippen LogP contribution is 2.18. The molecule has 0 fully saturated rings. The molecule has 5 aromatic rings. The number of nitro benzene ring substituents is 1. The summed E-state index contributed by atoms with van der Waals surface area (Å²) in [6.45, 7) is 0.0830. The van der Waals surface area contributed by atoms with Gasteiger partial charge in [0.2, 0.25) is 0 Å². The van der Waals surface area contributed by atoms with Gasteiger partial charge in [0, 0.05) is 29.7 Å². The van der Waals surface area contributed by atoms with Crippen molar-refractivity contribution in [2.75, 3.05) is 0 Å². The van der Waals surface area contributed by atoms with Gasteiger partial charge in [-0.1, -0.05) is 18.2 Å². The normalized spacial score (nSPS) is 12.1. The fraction of sp³-hybridized carbons (Fsp3) is 0.0357. The minimum absolute atomic E-state index is 0.0324. The molecule has 0 saturated carbocycles. The van der Waals surface area contributed by atoms with Crippen LogP contribution in [0.3, 0.4) is 0 Å². The number of nitrogens with zero attached hydrogens (tertiary/aromatic N) is 4. The largest absolute Gasteiger partial charge is 0.467 e. The summed E-state index contributed by atoms with van der Waals surface area (Å²) in [5.41, 5.74) is 1.16. The van der Waals surface area contributed by atoms with Crippen molar-refractivity contribution in [1.29, 1.82) is 5.26 Å². The SMILES string of the molecule is N#CC(C(=O)NCc1ccco1)=c1sc(=Cc2cccn2-c2ccc([N+](=O)[O-])cc2)c(=O)n1-c1ccccc1. The number of furan rings is 1. The van der Waals surface area contributed by atoms with Crippen LogP contribution in [0.25, 0.3) is 23.0 Å². The monoisotopic (exact) mass is 537 g/mol. The molecule has 0 aliphatic carbocycles. The van der Waals surface area contributed by atoms with E-state index in [1.54, 1.807) is 83.6 Å². The Morgan fingerprint density at radius 2 is 1.82 bits per heavy atom. The fourth-order valence-electron chi connectivity index (χ4n) is 3.94. The van der Waals surface area contributed by atoms with Crippen LogP contribution in [0.5, 0.6) is 0 Å². The van der Waals surface area contributed by atoms with Crippen molar-refractivity contribution in [2.45, 2.75) is 6.54 Å². The first-order valence-corrected chi connectivity index (χ1v) is 12.4. The number of amides is 1. The van der Waals surface area contributed by atoms with Gasteiger partial charge in [-0.3, -0.25) is 24.3 Å². The predicted octanol–water partition coefficient (Wildman–Crippen LogP) is 3.01. The maximum Gasteiger partial charge on any atom is 0.273 e. The predicted molar refractivity (Wildman–Crippen MR) is 145 cm³/mol. The van der Waals surface area contributed by atoms with Crippen LogP contribution in [-0.2, 0) is 11.3 Å². The summed E-state index contributed by atoms with van der Waals surface area (Å²) in [6.07, 6.45) is 4.91. The minimum atomic E-state index is -0.638. The molecule has 10 nitrogen and oxygen atoms in total. The van der Waals surface area contributed by atoms with Crippen molar-refractivity contribution in [2.24, 2.45) is 0 Å². The van der Waals surface area contributed by atoms with E-state index in [9.17, 15) is 25.0 Å². The molecule has 3 heterocycles. The lowest BCUT2D eigenvalue weighted by Gasteiger charge is -2.05. The highest BCUT2D eigenvalue weighted by Gasteiger charge is 2.17.